The Hall–Kier alpha value is -2.66. The van der Waals surface area contributed by atoms with E-state index < -0.39 is 0 Å². The van der Waals surface area contributed by atoms with Crippen LogP contribution in [0.2, 0.25) is 0 Å². The Morgan fingerprint density at radius 1 is 0.818 bits per heavy atom. The third-order valence-electron chi connectivity index (χ3n) is 3.14. The molecule has 0 bridgehead atoms. The highest BCUT2D eigenvalue weighted by Crippen LogP contribution is 2.32. The maximum atomic E-state index is 5.76. The Morgan fingerprint density at radius 3 is 2.32 bits per heavy atom. The van der Waals surface area contributed by atoms with Crippen LogP contribution >= 0.6 is 11.8 Å². The van der Waals surface area contributed by atoms with Gasteiger partial charge in [-0.3, -0.25) is 0 Å². The normalized spacial score (nSPS) is 10.9. The summed E-state index contributed by atoms with van der Waals surface area (Å²) in [6.07, 6.45) is 1.51. The Morgan fingerprint density at radius 2 is 1.55 bits per heavy atom. The van der Waals surface area contributed by atoms with Crippen LogP contribution in [-0.4, -0.2) is 15.0 Å². The van der Waals surface area contributed by atoms with E-state index in [0.717, 1.165) is 15.5 Å². The number of aromatic nitrogens is 3. The first kappa shape index (κ1) is 13.0. The van der Waals surface area contributed by atoms with Gasteiger partial charge in [-0.2, -0.15) is 4.98 Å². The second-order valence-electron chi connectivity index (χ2n) is 4.63. The van der Waals surface area contributed by atoms with E-state index in [1.807, 2.05) is 60.7 Å². The lowest BCUT2D eigenvalue weighted by atomic mass is 10.2. The number of hydrogen-bond donors (Lipinski definition) is 0. The summed E-state index contributed by atoms with van der Waals surface area (Å²) in [5.74, 6) is 0.561. The fourth-order valence-electron chi connectivity index (χ4n) is 2.11. The lowest BCUT2D eigenvalue weighted by Gasteiger charge is -1.99. The monoisotopic (exact) mass is 305 g/mol. The van der Waals surface area contributed by atoms with Gasteiger partial charge in [0.05, 0.1) is 0 Å². The molecule has 2 aromatic heterocycles. The van der Waals surface area contributed by atoms with Gasteiger partial charge >= 0.3 is 0 Å². The zero-order chi connectivity index (χ0) is 14.8. The molecule has 0 aliphatic heterocycles. The average molecular weight is 305 g/mol. The third-order valence-corrected chi connectivity index (χ3v) is 4.14. The molecule has 0 saturated carbocycles. The minimum Gasteiger partial charge on any atom is -0.418 e. The second kappa shape index (κ2) is 5.61. The van der Waals surface area contributed by atoms with Crippen molar-refractivity contribution < 1.29 is 4.42 Å². The van der Waals surface area contributed by atoms with Gasteiger partial charge in [0.2, 0.25) is 5.89 Å². The Labute approximate surface area is 131 Å². The van der Waals surface area contributed by atoms with Gasteiger partial charge in [0.25, 0.3) is 5.71 Å². The summed E-state index contributed by atoms with van der Waals surface area (Å²) < 4.78 is 5.76. The van der Waals surface area contributed by atoms with Crippen molar-refractivity contribution >= 4 is 23.0 Å². The SMILES string of the molecule is c1ccc(Sc2ncnc3oc(-c4ccccc4)nc23)cc1. The first-order valence-corrected chi connectivity index (χ1v) is 7.62. The molecule has 2 heterocycles. The molecule has 0 fully saturated rings. The van der Waals surface area contributed by atoms with Crippen molar-refractivity contribution in [3.05, 3.63) is 67.0 Å². The van der Waals surface area contributed by atoms with Crippen molar-refractivity contribution in [3.63, 3.8) is 0 Å². The van der Waals surface area contributed by atoms with Crippen LogP contribution in [0.15, 0.2) is 81.3 Å². The number of oxazole rings is 1. The zero-order valence-corrected chi connectivity index (χ0v) is 12.3. The van der Waals surface area contributed by atoms with Crippen LogP contribution < -0.4 is 0 Å². The maximum Gasteiger partial charge on any atom is 0.251 e. The molecule has 0 aliphatic carbocycles. The van der Waals surface area contributed by atoms with Gasteiger partial charge in [0.15, 0.2) is 5.52 Å². The standard InChI is InChI=1S/C17H11N3OS/c1-3-7-12(8-4-1)15-20-14-16(21-15)18-11-19-17(14)22-13-9-5-2-6-10-13/h1-11H. The summed E-state index contributed by atoms with van der Waals surface area (Å²) in [6.45, 7) is 0. The maximum absolute atomic E-state index is 5.76. The van der Waals surface area contributed by atoms with Crippen LogP contribution in [0, 0.1) is 0 Å². The van der Waals surface area contributed by atoms with E-state index in [1.165, 1.54) is 6.33 Å². The van der Waals surface area contributed by atoms with E-state index in [1.54, 1.807) is 11.8 Å². The number of nitrogens with zero attached hydrogens (tertiary/aromatic N) is 3. The summed E-state index contributed by atoms with van der Waals surface area (Å²) >= 11 is 1.55. The number of hydrogen-bond acceptors (Lipinski definition) is 5. The molecule has 0 N–H and O–H groups in total. The molecule has 0 amide bonds. The van der Waals surface area contributed by atoms with Gasteiger partial charge in [-0.05, 0) is 24.3 Å². The van der Waals surface area contributed by atoms with Gasteiger partial charge in [-0.25, -0.2) is 9.97 Å². The van der Waals surface area contributed by atoms with Gasteiger partial charge < -0.3 is 4.42 Å². The Balaban J connectivity index is 1.78. The van der Waals surface area contributed by atoms with Crippen molar-refractivity contribution in [2.45, 2.75) is 9.92 Å². The Bertz CT molecular complexity index is 907. The van der Waals surface area contributed by atoms with E-state index >= 15 is 0 Å². The van der Waals surface area contributed by atoms with Crippen LogP contribution in [0.25, 0.3) is 22.7 Å². The van der Waals surface area contributed by atoms with E-state index in [2.05, 4.69) is 15.0 Å². The Kier molecular flexibility index (Phi) is 3.33. The molecular formula is C17H11N3OS. The molecule has 0 saturated heterocycles. The molecule has 0 aliphatic rings. The molecule has 0 unspecified atom stereocenters. The second-order valence-corrected chi connectivity index (χ2v) is 5.69. The zero-order valence-electron chi connectivity index (χ0n) is 11.5. The van der Waals surface area contributed by atoms with Gasteiger partial charge in [-0.15, -0.1) is 0 Å². The summed E-state index contributed by atoms with van der Waals surface area (Å²) in [5.41, 5.74) is 2.12. The molecule has 106 valence electrons. The van der Waals surface area contributed by atoms with Crippen LogP contribution in [0.5, 0.6) is 0 Å². The smallest absolute Gasteiger partial charge is 0.251 e. The molecule has 0 radical (unpaired) electrons. The summed E-state index contributed by atoms with van der Waals surface area (Å²) in [5, 5.41) is 0.794. The lowest BCUT2D eigenvalue weighted by Crippen LogP contribution is -1.85. The van der Waals surface area contributed by atoms with Crippen molar-refractivity contribution in [1.82, 2.24) is 15.0 Å². The average Bonchev–Trinajstić information content (AvgIpc) is 3.02. The van der Waals surface area contributed by atoms with Crippen molar-refractivity contribution in [2.24, 2.45) is 0 Å². The summed E-state index contributed by atoms with van der Waals surface area (Å²) in [7, 11) is 0. The number of rotatable bonds is 3. The molecule has 5 heteroatoms. The van der Waals surface area contributed by atoms with Crippen LogP contribution in [0.4, 0.5) is 0 Å². The van der Waals surface area contributed by atoms with Gasteiger partial charge in [0.1, 0.15) is 11.4 Å². The summed E-state index contributed by atoms with van der Waals surface area (Å²) in [4.78, 5) is 14.2. The molecule has 0 atom stereocenters. The quantitative estimate of drug-likeness (QED) is 0.524. The first-order valence-electron chi connectivity index (χ1n) is 6.80. The number of fused-ring (bicyclic) bond motifs is 1. The van der Waals surface area contributed by atoms with Gasteiger partial charge in [-0.1, -0.05) is 48.2 Å². The lowest BCUT2D eigenvalue weighted by molar-refractivity contribution is 0.606. The highest BCUT2D eigenvalue weighted by molar-refractivity contribution is 7.99. The molecular weight excluding hydrogens is 294 g/mol. The van der Waals surface area contributed by atoms with Gasteiger partial charge in [0, 0.05) is 10.5 Å². The van der Waals surface area contributed by atoms with Crippen LogP contribution in [0.3, 0.4) is 0 Å². The fourth-order valence-corrected chi connectivity index (χ4v) is 2.96. The molecule has 4 aromatic rings. The summed E-state index contributed by atoms with van der Waals surface area (Å²) in [6, 6.07) is 19.9. The molecule has 4 rings (SSSR count). The van der Waals surface area contributed by atoms with Crippen LogP contribution in [0.1, 0.15) is 0 Å². The van der Waals surface area contributed by atoms with Crippen molar-refractivity contribution in [2.75, 3.05) is 0 Å². The van der Waals surface area contributed by atoms with E-state index in [4.69, 9.17) is 4.42 Å². The fraction of sp³-hybridized carbons (Fsp3) is 0. The van der Waals surface area contributed by atoms with E-state index in [-0.39, 0.29) is 0 Å². The highest BCUT2D eigenvalue weighted by atomic mass is 32.2. The molecule has 22 heavy (non-hydrogen) atoms. The minimum absolute atomic E-state index is 0.507. The van der Waals surface area contributed by atoms with E-state index in [0.29, 0.717) is 17.1 Å². The topological polar surface area (TPSA) is 51.8 Å². The highest BCUT2D eigenvalue weighted by Gasteiger charge is 2.14. The molecule has 0 spiro atoms. The van der Waals surface area contributed by atoms with Crippen LogP contribution in [-0.2, 0) is 0 Å². The van der Waals surface area contributed by atoms with Crippen molar-refractivity contribution in [3.8, 4) is 11.5 Å². The predicted molar refractivity (Wildman–Crippen MR) is 85.6 cm³/mol. The minimum atomic E-state index is 0.507. The van der Waals surface area contributed by atoms with E-state index in [9.17, 15) is 0 Å². The largest absolute Gasteiger partial charge is 0.418 e. The van der Waals surface area contributed by atoms with Crippen molar-refractivity contribution in [1.29, 1.82) is 0 Å². The third kappa shape index (κ3) is 2.46. The number of benzene rings is 2. The first-order chi connectivity index (χ1) is 10.9. The molecule has 4 nitrogen and oxygen atoms in total. The molecule has 2 aromatic carbocycles. The predicted octanol–water partition coefficient (Wildman–Crippen LogP) is 4.44.